The molecule has 1 amide bonds. The lowest BCUT2D eigenvalue weighted by Crippen LogP contribution is -2.26. The Kier molecular flexibility index (Phi) is 5.29. The highest BCUT2D eigenvalue weighted by atomic mass is 32.1. The number of amides is 1. The fourth-order valence-electron chi connectivity index (χ4n) is 3.20. The van der Waals surface area contributed by atoms with Crippen molar-refractivity contribution in [2.75, 3.05) is 18.0 Å². The standard InChI is InChI=1S/C20H22N6OS/c1-13-14(2)28-17(24-13)12-22-19(27)16-11-23-20(26-9-3-4-10-26)25-18(16)15-5-7-21-8-6-15/h5-8,11H,3-4,9-10,12H2,1-2H3,(H,22,27). The smallest absolute Gasteiger partial charge is 0.255 e. The number of carbonyl (C=O) groups excluding carboxylic acids is 1. The summed E-state index contributed by atoms with van der Waals surface area (Å²) >= 11 is 1.60. The highest BCUT2D eigenvalue weighted by Crippen LogP contribution is 2.25. The predicted octanol–water partition coefficient (Wildman–Crippen LogP) is 3.14. The topological polar surface area (TPSA) is 83.9 Å². The molecule has 3 aromatic heterocycles. The molecule has 1 aliphatic rings. The summed E-state index contributed by atoms with van der Waals surface area (Å²) in [6.07, 6.45) is 7.32. The third-order valence-corrected chi connectivity index (χ3v) is 5.91. The Balaban J connectivity index is 1.62. The third-order valence-electron chi connectivity index (χ3n) is 4.84. The molecule has 0 atom stereocenters. The van der Waals surface area contributed by atoms with Gasteiger partial charge in [0.15, 0.2) is 0 Å². The molecule has 144 valence electrons. The summed E-state index contributed by atoms with van der Waals surface area (Å²) in [5.74, 6) is 0.470. The highest BCUT2D eigenvalue weighted by molar-refractivity contribution is 7.11. The Hall–Kier alpha value is -2.87. The van der Waals surface area contributed by atoms with Crippen LogP contribution in [0.25, 0.3) is 11.3 Å². The van der Waals surface area contributed by atoms with Crippen LogP contribution in [0.3, 0.4) is 0 Å². The van der Waals surface area contributed by atoms with Crippen molar-refractivity contribution < 1.29 is 4.79 Å². The first-order valence-electron chi connectivity index (χ1n) is 9.35. The van der Waals surface area contributed by atoms with Crippen LogP contribution in [0, 0.1) is 13.8 Å². The van der Waals surface area contributed by atoms with Gasteiger partial charge in [-0.1, -0.05) is 0 Å². The van der Waals surface area contributed by atoms with Crippen molar-refractivity contribution in [3.05, 3.63) is 51.9 Å². The molecule has 0 unspecified atom stereocenters. The first-order chi connectivity index (χ1) is 13.6. The van der Waals surface area contributed by atoms with Crippen LogP contribution < -0.4 is 10.2 Å². The summed E-state index contributed by atoms with van der Waals surface area (Å²) in [7, 11) is 0. The third kappa shape index (κ3) is 3.87. The van der Waals surface area contributed by atoms with Gasteiger partial charge >= 0.3 is 0 Å². The quantitative estimate of drug-likeness (QED) is 0.716. The number of aryl methyl sites for hydroxylation is 2. The molecule has 1 saturated heterocycles. The van der Waals surface area contributed by atoms with E-state index in [0.29, 0.717) is 23.8 Å². The maximum atomic E-state index is 12.9. The Labute approximate surface area is 167 Å². The molecule has 0 radical (unpaired) electrons. The summed E-state index contributed by atoms with van der Waals surface area (Å²) in [4.78, 5) is 34.0. The zero-order valence-electron chi connectivity index (χ0n) is 16.0. The minimum Gasteiger partial charge on any atom is -0.345 e. The van der Waals surface area contributed by atoms with Gasteiger partial charge in [0.05, 0.1) is 23.5 Å². The van der Waals surface area contributed by atoms with Gasteiger partial charge in [0.2, 0.25) is 5.95 Å². The molecule has 1 aliphatic heterocycles. The van der Waals surface area contributed by atoms with Crippen molar-refractivity contribution in [2.24, 2.45) is 0 Å². The van der Waals surface area contributed by atoms with Gasteiger partial charge < -0.3 is 10.2 Å². The molecule has 7 nitrogen and oxygen atoms in total. The lowest BCUT2D eigenvalue weighted by atomic mass is 10.1. The lowest BCUT2D eigenvalue weighted by molar-refractivity contribution is 0.0951. The summed E-state index contributed by atoms with van der Waals surface area (Å²) in [6, 6.07) is 3.72. The number of rotatable bonds is 5. The van der Waals surface area contributed by atoms with E-state index in [1.807, 2.05) is 26.0 Å². The van der Waals surface area contributed by atoms with Gasteiger partial charge in [-0.3, -0.25) is 9.78 Å². The van der Waals surface area contributed by atoms with Gasteiger partial charge in [0.25, 0.3) is 5.91 Å². The monoisotopic (exact) mass is 394 g/mol. The van der Waals surface area contributed by atoms with Crippen LogP contribution in [0.1, 0.15) is 38.8 Å². The van der Waals surface area contributed by atoms with Crippen LogP contribution in [0.5, 0.6) is 0 Å². The molecule has 28 heavy (non-hydrogen) atoms. The van der Waals surface area contributed by atoms with Gasteiger partial charge in [-0.15, -0.1) is 11.3 Å². The number of anilines is 1. The SMILES string of the molecule is Cc1nc(CNC(=O)c2cnc(N3CCCC3)nc2-c2ccncc2)sc1C. The van der Waals surface area contributed by atoms with E-state index in [1.165, 1.54) is 4.88 Å². The van der Waals surface area contributed by atoms with E-state index in [9.17, 15) is 4.79 Å². The molecule has 0 saturated carbocycles. The maximum absolute atomic E-state index is 12.9. The minimum atomic E-state index is -0.203. The Morgan fingerprint density at radius 3 is 2.61 bits per heavy atom. The summed E-state index contributed by atoms with van der Waals surface area (Å²) < 4.78 is 0. The number of carbonyl (C=O) groups is 1. The molecule has 4 heterocycles. The summed E-state index contributed by atoms with van der Waals surface area (Å²) in [5.41, 5.74) is 2.94. The molecular formula is C20H22N6OS. The van der Waals surface area contributed by atoms with E-state index in [-0.39, 0.29) is 5.91 Å². The number of nitrogens with zero attached hydrogens (tertiary/aromatic N) is 5. The normalized spacial score (nSPS) is 13.7. The Morgan fingerprint density at radius 2 is 1.93 bits per heavy atom. The number of hydrogen-bond acceptors (Lipinski definition) is 7. The van der Waals surface area contributed by atoms with Gasteiger partial charge in [-0.05, 0) is 38.8 Å². The van der Waals surface area contributed by atoms with Gasteiger partial charge in [-0.2, -0.15) is 0 Å². The van der Waals surface area contributed by atoms with Crippen molar-refractivity contribution in [2.45, 2.75) is 33.2 Å². The average Bonchev–Trinajstić information content (AvgIpc) is 3.37. The molecule has 1 fully saturated rings. The predicted molar refractivity (Wildman–Crippen MR) is 109 cm³/mol. The molecule has 0 spiro atoms. The first kappa shape index (κ1) is 18.5. The van der Waals surface area contributed by atoms with Crippen LogP contribution in [0.2, 0.25) is 0 Å². The number of aromatic nitrogens is 4. The summed E-state index contributed by atoms with van der Waals surface area (Å²) in [6.45, 7) is 6.30. The first-order valence-corrected chi connectivity index (χ1v) is 10.2. The van der Waals surface area contributed by atoms with E-state index < -0.39 is 0 Å². The number of pyridine rings is 1. The van der Waals surface area contributed by atoms with Crippen LogP contribution >= 0.6 is 11.3 Å². The van der Waals surface area contributed by atoms with E-state index in [4.69, 9.17) is 4.98 Å². The van der Waals surface area contributed by atoms with Gasteiger partial charge in [0.1, 0.15) is 5.01 Å². The molecule has 1 N–H and O–H groups in total. The zero-order valence-corrected chi connectivity index (χ0v) is 16.8. The second-order valence-corrected chi connectivity index (χ2v) is 8.08. The van der Waals surface area contributed by atoms with E-state index in [0.717, 1.165) is 42.2 Å². The Morgan fingerprint density at radius 1 is 1.18 bits per heavy atom. The second kappa shape index (κ2) is 8.02. The van der Waals surface area contributed by atoms with Crippen molar-refractivity contribution in [3.63, 3.8) is 0 Å². The number of nitrogens with one attached hydrogen (secondary N) is 1. The number of thiazole rings is 1. The molecule has 3 aromatic rings. The zero-order chi connectivity index (χ0) is 19.5. The maximum Gasteiger partial charge on any atom is 0.255 e. The molecule has 8 heteroatoms. The van der Waals surface area contributed by atoms with E-state index in [2.05, 4.69) is 25.2 Å². The average molecular weight is 395 g/mol. The fraction of sp³-hybridized carbons (Fsp3) is 0.350. The highest BCUT2D eigenvalue weighted by Gasteiger charge is 2.20. The second-order valence-electron chi connectivity index (χ2n) is 6.79. The van der Waals surface area contributed by atoms with Crippen molar-refractivity contribution in [3.8, 4) is 11.3 Å². The fourth-order valence-corrected chi connectivity index (χ4v) is 4.08. The van der Waals surface area contributed by atoms with Crippen LogP contribution in [-0.4, -0.2) is 38.9 Å². The van der Waals surface area contributed by atoms with Crippen LogP contribution in [0.15, 0.2) is 30.7 Å². The van der Waals surface area contributed by atoms with E-state index in [1.54, 1.807) is 29.9 Å². The molecule has 0 aliphatic carbocycles. The molecular weight excluding hydrogens is 372 g/mol. The molecule has 4 rings (SSSR count). The lowest BCUT2D eigenvalue weighted by Gasteiger charge is -2.17. The summed E-state index contributed by atoms with van der Waals surface area (Å²) in [5, 5.41) is 3.85. The molecule has 0 aromatic carbocycles. The van der Waals surface area contributed by atoms with Gasteiger partial charge in [-0.25, -0.2) is 15.0 Å². The van der Waals surface area contributed by atoms with Crippen LogP contribution in [-0.2, 0) is 6.54 Å². The van der Waals surface area contributed by atoms with Crippen molar-refractivity contribution >= 4 is 23.2 Å². The number of hydrogen-bond donors (Lipinski definition) is 1. The largest absolute Gasteiger partial charge is 0.345 e. The van der Waals surface area contributed by atoms with Crippen molar-refractivity contribution in [1.82, 2.24) is 25.3 Å². The van der Waals surface area contributed by atoms with Crippen LogP contribution in [0.4, 0.5) is 5.95 Å². The Bertz CT molecular complexity index is 962. The van der Waals surface area contributed by atoms with E-state index >= 15 is 0 Å². The van der Waals surface area contributed by atoms with Gasteiger partial charge in [0, 0.05) is 42.1 Å². The van der Waals surface area contributed by atoms with Crippen molar-refractivity contribution in [1.29, 1.82) is 0 Å². The molecule has 0 bridgehead atoms. The minimum absolute atomic E-state index is 0.203.